The van der Waals surface area contributed by atoms with Gasteiger partial charge in [-0.3, -0.25) is 0 Å². The first kappa shape index (κ1) is 15.8. The van der Waals surface area contributed by atoms with Gasteiger partial charge in [-0.1, -0.05) is 42.5 Å². The molecule has 4 aromatic rings. The predicted molar refractivity (Wildman–Crippen MR) is 100 cm³/mol. The monoisotopic (exact) mass is 341 g/mol. The van der Waals surface area contributed by atoms with Crippen molar-refractivity contribution in [2.45, 2.75) is 0 Å². The molecule has 0 aliphatic rings. The summed E-state index contributed by atoms with van der Waals surface area (Å²) in [5.74, 6) is -0.225. The number of hydrogen-bond donors (Lipinski definition) is 1. The van der Waals surface area contributed by atoms with Crippen molar-refractivity contribution in [2.75, 3.05) is 0 Å². The number of fused-ring (bicyclic) bond motifs is 1. The number of benzene rings is 3. The molecular weight excluding hydrogens is 326 g/mol. The fourth-order valence-electron chi connectivity index (χ4n) is 2.77. The van der Waals surface area contributed by atoms with Gasteiger partial charge in [0.25, 0.3) is 0 Å². The molecule has 1 aromatic heterocycles. The van der Waals surface area contributed by atoms with Gasteiger partial charge in [0, 0.05) is 17.0 Å². The minimum atomic E-state index is -0.952. The van der Waals surface area contributed by atoms with Crippen LogP contribution >= 0.6 is 0 Å². The second-order valence-electron chi connectivity index (χ2n) is 5.82. The highest BCUT2D eigenvalue weighted by molar-refractivity contribution is 5.88. The molecule has 1 heterocycles. The smallest absolute Gasteiger partial charge is 0.335 e. The van der Waals surface area contributed by atoms with E-state index in [9.17, 15) is 4.79 Å². The third-order valence-corrected chi connectivity index (χ3v) is 4.07. The van der Waals surface area contributed by atoms with Crippen LogP contribution in [0, 0.1) is 0 Å². The highest BCUT2D eigenvalue weighted by Crippen LogP contribution is 2.22. The van der Waals surface area contributed by atoms with Crippen LogP contribution in [0.1, 0.15) is 10.4 Å². The molecule has 0 saturated heterocycles. The summed E-state index contributed by atoms with van der Waals surface area (Å²) in [7, 11) is 0. The van der Waals surface area contributed by atoms with Gasteiger partial charge in [0.05, 0.1) is 16.6 Å². The van der Waals surface area contributed by atoms with Crippen molar-refractivity contribution in [1.82, 2.24) is 0 Å². The summed E-state index contributed by atoms with van der Waals surface area (Å²) < 4.78 is 6.04. The molecule has 4 rings (SSSR count). The molecule has 0 aliphatic heterocycles. The third-order valence-electron chi connectivity index (χ3n) is 4.07. The van der Waals surface area contributed by atoms with Gasteiger partial charge in [0.2, 0.25) is 0 Å². The molecule has 0 fully saturated rings. The largest absolute Gasteiger partial charge is 0.478 e. The van der Waals surface area contributed by atoms with E-state index in [0.29, 0.717) is 5.69 Å². The maximum Gasteiger partial charge on any atom is 0.335 e. The molecule has 0 spiro atoms. The zero-order chi connectivity index (χ0) is 17.9. The van der Waals surface area contributed by atoms with Crippen molar-refractivity contribution >= 4 is 22.6 Å². The minimum Gasteiger partial charge on any atom is -0.478 e. The Morgan fingerprint density at radius 3 is 2.27 bits per heavy atom. The second kappa shape index (κ2) is 6.69. The Labute approximate surface area is 149 Å². The lowest BCUT2D eigenvalue weighted by atomic mass is 10.1. The first-order valence-electron chi connectivity index (χ1n) is 8.17. The Morgan fingerprint density at radius 1 is 0.846 bits per heavy atom. The first-order chi connectivity index (χ1) is 12.7. The summed E-state index contributed by atoms with van der Waals surface area (Å²) in [6.45, 7) is 0. The average molecular weight is 341 g/mol. The van der Waals surface area contributed by atoms with E-state index in [0.717, 1.165) is 27.7 Å². The summed E-state index contributed by atoms with van der Waals surface area (Å²) in [6.07, 6.45) is 0. The van der Waals surface area contributed by atoms with Gasteiger partial charge in [-0.25, -0.2) is 9.79 Å². The van der Waals surface area contributed by atoms with Crippen LogP contribution in [0.25, 0.3) is 22.3 Å². The summed E-state index contributed by atoms with van der Waals surface area (Å²) in [4.78, 5) is 15.7. The Kier molecular flexibility index (Phi) is 4.07. The third kappa shape index (κ3) is 3.13. The van der Waals surface area contributed by atoms with E-state index in [4.69, 9.17) is 14.5 Å². The normalized spacial score (nSPS) is 11.6. The van der Waals surface area contributed by atoms with E-state index >= 15 is 0 Å². The summed E-state index contributed by atoms with van der Waals surface area (Å²) in [5.41, 5.74) is 2.64. The standard InChI is InChI=1S/C22H15NO3/c24-22(25)16-10-12-17(13-11-16)23-19-14-21(15-6-2-1-3-7-15)26-20-9-5-4-8-18(19)20/h1-14H,(H,24,25). The Hall–Kier alpha value is -3.66. The Bertz CT molecular complexity index is 1140. The summed E-state index contributed by atoms with van der Waals surface area (Å²) in [5, 5.41) is 10.7. The predicted octanol–water partition coefficient (Wildman–Crippen LogP) is 5.03. The lowest BCUT2D eigenvalue weighted by Crippen LogP contribution is -2.03. The summed E-state index contributed by atoms with van der Waals surface area (Å²) >= 11 is 0. The number of carboxylic acids is 1. The number of nitrogens with zero attached hydrogens (tertiary/aromatic N) is 1. The molecular formula is C22H15NO3. The quantitative estimate of drug-likeness (QED) is 0.568. The van der Waals surface area contributed by atoms with Gasteiger partial charge in [0.1, 0.15) is 11.3 Å². The van der Waals surface area contributed by atoms with Crippen LogP contribution in [0.2, 0.25) is 0 Å². The average Bonchev–Trinajstić information content (AvgIpc) is 2.69. The molecule has 0 aliphatic carbocycles. The van der Waals surface area contributed by atoms with Gasteiger partial charge in [0.15, 0.2) is 0 Å². The molecule has 0 saturated carbocycles. The van der Waals surface area contributed by atoms with Gasteiger partial charge in [-0.2, -0.15) is 0 Å². The molecule has 126 valence electrons. The van der Waals surface area contributed by atoms with Crippen LogP contribution in [0.3, 0.4) is 0 Å². The zero-order valence-electron chi connectivity index (χ0n) is 13.8. The second-order valence-corrected chi connectivity index (χ2v) is 5.82. The van der Waals surface area contributed by atoms with E-state index in [1.165, 1.54) is 0 Å². The van der Waals surface area contributed by atoms with Crippen molar-refractivity contribution in [3.05, 3.63) is 95.8 Å². The molecule has 0 bridgehead atoms. The van der Waals surface area contributed by atoms with Crippen molar-refractivity contribution in [3.63, 3.8) is 0 Å². The lowest BCUT2D eigenvalue weighted by molar-refractivity contribution is 0.0697. The van der Waals surface area contributed by atoms with Gasteiger partial charge < -0.3 is 9.52 Å². The highest BCUT2D eigenvalue weighted by atomic mass is 16.4. The van der Waals surface area contributed by atoms with Crippen LogP contribution in [0.5, 0.6) is 0 Å². The lowest BCUT2D eigenvalue weighted by Gasteiger charge is -2.05. The van der Waals surface area contributed by atoms with Gasteiger partial charge in [-0.15, -0.1) is 0 Å². The van der Waals surface area contributed by atoms with Crippen LogP contribution < -0.4 is 5.36 Å². The topological polar surface area (TPSA) is 62.8 Å². The van der Waals surface area contributed by atoms with E-state index in [1.807, 2.05) is 60.7 Å². The number of hydrogen-bond acceptors (Lipinski definition) is 3. The van der Waals surface area contributed by atoms with Crippen LogP contribution in [-0.2, 0) is 0 Å². The minimum absolute atomic E-state index is 0.238. The fourth-order valence-corrected chi connectivity index (χ4v) is 2.77. The number of carboxylic acid groups (broad SMARTS) is 1. The molecule has 0 unspecified atom stereocenters. The SMILES string of the molecule is O=C(O)c1ccc(N=c2cc(-c3ccccc3)oc3ccccc23)cc1. The van der Waals surface area contributed by atoms with Crippen molar-refractivity contribution < 1.29 is 14.3 Å². The molecule has 1 N–H and O–H groups in total. The number of rotatable bonds is 3. The van der Waals surface area contributed by atoms with Gasteiger partial charge in [-0.05, 0) is 36.4 Å². The number of carbonyl (C=O) groups is 1. The van der Waals surface area contributed by atoms with Gasteiger partial charge >= 0.3 is 5.97 Å². The van der Waals surface area contributed by atoms with Crippen molar-refractivity contribution in [2.24, 2.45) is 4.99 Å². The van der Waals surface area contributed by atoms with Crippen molar-refractivity contribution in [3.8, 4) is 11.3 Å². The molecule has 0 radical (unpaired) electrons. The highest BCUT2D eigenvalue weighted by Gasteiger charge is 2.06. The maximum atomic E-state index is 11.0. The Morgan fingerprint density at radius 2 is 1.54 bits per heavy atom. The molecule has 4 heteroatoms. The van der Waals surface area contributed by atoms with E-state index in [-0.39, 0.29) is 5.56 Å². The summed E-state index contributed by atoms with van der Waals surface area (Å²) in [6, 6.07) is 26.0. The molecule has 26 heavy (non-hydrogen) atoms. The maximum absolute atomic E-state index is 11.0. The first-order valence-corrected chi connectivity index (χ1v) is 8.17. The van der Waals surface area contributed by atoms with Crippen LogP contribution in [-0.4, -0.2) is 11.1 Å². The zero-order valence-corrected chi connectivity index (χ0v) is 13.8. The Balaban J connectivity index is 1.91. The van der Waals surface area contributed by atoms with E-state index < -0.39 is 5.97 Å². The molecule has 4 nitrogen and oxygen atoms in total. The number of para-hydroxylation sites is 1. The fraction of sp³-hybridized carbons (Fsp3) is 0. The molecule has 0 amide bonds. The van der Waals surface area contributed by atoms with Crippen molar-refractivity contribution in [1.29, 1.82) is 0 Å². The van der Waals surface area contributed by atoms with E-state index in [1.54, 1.807) is 24.3 Å². The number of aromatic carboxylic acids is 1. The van der Waals surface area contributed by atoms with Crippen LogP contribution in [0.4, 0.5) is 5.69 Å². The molecule has 3 aromatic carbocycles. The molecule has 0 atom stereocenters. The van der Waals surface area contributed by atoms with Crippen LogP contribution in [0.15, 0.2) is 94.3 Å². The van der Waals surface area contributed by atoms with E-state index in [2.05, 4.69) is 0 Å².